The number of benzene rings is 2. The summed E-state index contributed by atoms with van der Waals surface area (Å²) >= 11 is 1.72. The smallest absolute Gasteiger partial charge is 0.244 e. The minimum Gasteiger partial charge on any atom is -0.330 e. The van der Waals surface area contributed by atoms with Gasteiger partial charge in [0, 0.05) is 18.0 Å². The standard InChI is InChI=1S/C27H32N2O3S2/c1-5-13-28(34(31,32)27-20(3)16-19(2)17-21(27)4)18-25(30)29-14-11-24-23(12-15-33-24)26(29)22-9-7-6-8-10-22/h6-10,12,15-17,26H,5,11,13-14,18H2,1-4H3/t26-/m1/s1. The summed E-state index contributed by atoms with van der Waals surface area (Å²) in [6.07, 6.45) is 1.42. The van der Waals surface area contributed by atoms with Crippen LogP contribution in [0, 0.1) is 20.8 Å². The van der Waals surface area contributed by atoms with E-state index in [-0.39, 0.29) is 18.5 Å². The van der Waals surface area contributed by atoms with Crippen LogP contribution in [0.2, 0.25) is 0 Å². The largest absolute Gasteiger partial charge is 0.330 e. The van der Waals surface area contributed by atoms with Crippen molar-refractivity contribution in [1.29, 1.82) is 0 Å². The number of sulfonamides is 1. The number of amides is 1. The van der Waals surface area contributed by atoms with Crippen LogP contribution < -0.4 is 0 Å². The Bertz CT molecular complexity index is 1260. The Morgan fingerprint density at radius 1 is 1.09 bits per heavy atom. The van der Waals surface area contributed by atoms with Crippen LogP contribution in [-0.2, 0) is 21.2 Å². The summed E-state index contributed by atoms with van der Waals surface area (Å²) in [6, 6.07) is 15.7. The zero-order valence-corrected chi connectivity index (χ0v) is 21.9. The van der Waals surface area contributed by atoms with Crippen LogP contribution in [0.1, 0.15) is 52.1 Å². The maximum atomic E-state index is 13.8. The lowest BCUT2D eigenvalue weighted by Crippen LogP contribution is -2.47. The van der Waals surface area contributed by atoms with Gasteiger partial charge in [-0.15, -0.1) is 11.3 Å². The molecule has 0 radical (unpaired) electrons. The fraction of sp³-hybridized carbons (Fsp3) is 0.370. The first-order chi connectivity index (χ1) is 16.2. The Balaban J connectivity index is 1.68. The van der Waals surface area contributed by atoms with E-state index in [1.807, 2.05) is 75.1 Å². The van der Waals surface area contributed by atoms with Crippen molar-refractivity contribution in [3.8, 4) is 0 Å². The number of carbonyl (C=O) groups is 1. The van der Waals surface area contributed by atoms with Crippen molar-refractivity contribution in [2.24, 2.45) is 0 Å². The fourth-order valence-electron chi connectivity index (χ4n) is 5.06. The van der Waals surface area contributed by atoms with Crippen molar-refractivity contribution in [3.63, 3.8) is 0 Å². The molecule has 1 aliphatic rings. The van der Waals surface area contributed by atoms with Gasteiger partial charge in [0.15, 0.2) is 0 Å². The van der Waals surface area contributed by atoms with E-state index in [1.165, 1.54) is 9.18 Å². The number of aryl methyl sites for hydroxylation is 3. The third-order valence-corrected chi connectivity index (χ3v) is 9.54. The minimum absolute atomic E-state index is 0.161. The molecule has 1 atom stereocenters. The summed E-state index contributed by atoms with van der Waals surface area (Å²) in [5.41, 5.74) is 4.65. The highest BCUT2D eigenvalue weighted by molar-refractivity contribution is 7.89. The number of nitrogens with zero attached hydrogens (tertiary/aromatic N) is 2. The highest BCUT2D eigenvalue weighted by atomic mass is 32.2. The predicted molar refractivity (Wildman–Crippen MR) is 138 cm³/mol. The van der Waals surface area contributed by atoms with Gasteiger partial charge in [0.05, 0.1) is 17.5 Å². The van der Waals surface area contributed by atoms with Gasteiger partial charge in [0.1, 0.15) is 0 Å². The second-order valence-electron chi connectivity index (χ2n) is 9.02. The molecule has 3 aromatic rings. The Hall–Kier alpha value is -2.48. The number of hydrogen-bond donors (Lipinski definition) is 0. The molecule has 0 saturated heterocycles. The SMILES string of the molecule is CCCN(CC(=O)N1CCc2sccc2[C@H]1c1ccccc1)S(=O)(=O)c1c(C)cc(C)cc1C. The first-order valence-electron chi connectivity index (χ1n) is 11.7. The topological polar surface area (TPSA) is 57.7 Å². The summed E-state index contributed by atoms with van der Waals surface area (Å²) in [5, 5.41) is 2.07. The van der Waals surface area contributed by atoms with Crippen molar-refractivity contribution in [1.82, 2.24) is 9.21 Å². The molecule has 1 aromatic heterocycles. The lowest BCUT2D eigenvalue weighted by Gasteiger charge is -2.37. The normalized spacial score (nSPS) is 16.0. The zero-order chi connectivity index (χ0) is 24.5. The molecule has 180 valence electrons. The Kier molecular flexibility index (Phi) is 7.26. The molecule has 0 N–H and O–H groups in total. The van der Waals surface area contributed by atoms with Crippen LogP contribution in [-0.4, -0.2) is 43.2 Å². The van der Waals surface area contributed by atoms with Crippen molar-refractivity contribution in [2.75, 3.05) is 19.6 Å². The molecule has 0 fully saturated rings. The van der Waals surface area contributed by atoms with Crippen LogP contribution in [0.15, 0.2) is 58.8 Å². The highest BCUT2D eigenvalue weighted by Gasteiger charge is 2.36. The maximum Gasteiger partial charge on any atom is 0.244 e. The highest BCUT2D eigenvalue weighted by Crippen LogP contribution is 2.38. The molecule has 1 aliphatic heterocycles. The van der Waals surface area contributed by atoms with Gasteiger partial charge in [0.25, 0.3) is 0 Å². The van der Waals surface area contributed by atoms with E-state index >= 15 is 0 Å². The number of carbonyl (C=O) groups excluding carboxylic acids is 1. The van der Waals surface area contributed by atoms with Gasteiger partial charge in [-0.25, -0.2) is 8.42 Å². The average Bonchev–Trinajstić information content (AvgIpc) is 3.26. The van der Waals surface area contributed by atoms with E-state index in [2.05, 4.69) is 11.4 Å². The van der Waals surface area contributed by atoms with Gasteiger partial charge in [-0.3, -0.25) is 4.79 Å². The fourth-order valence-corrected chi connectivity index (χ4v) is 7.85. The van der Waals surface area contributed by atoms with Crippen molar-refractivity contribution in [3.05, 3.63) is 86.6 Å². The third-order valence-electron chi connectivity index (χ3n) is 6.39. The molecule has 0 unspecified atom stereocenters. The lowest BCUT2D eigenvalue weighted by atomic mass is 9.93. The molecule has 0 bridgehead atoms. The molecule has 5 nitrogen and oxygen atoms in total. The molecule has 2 heterocycles. The van der Waals surface area contributed by atoms with Gasteiger partial charge in [0.2, 0.25) is 15.9 Å². The van der Waals surface area contributed by atoms with Gasteiger partial charge >= 0.3 is 0 Å². The summed E-state index contributed by atoms with van der Waals surface area (Å²) in [5.74, 6) is -0.162. The van der Waals surface area contributed by atoms with E-state index in [0.717, 1.165) is 23.1 Å². The van der Waals surface area contributed by atoms with Crippen molar-refractivity contribution >= 4 is 27.3 Å². The van der Waals surface area contributed by atoms with Crippen molar-refractivity contribution < 1.29 is 13.2 Å². The quantitative estimate of drug-likeness (QED) is 0.449. The van der Waals surface area contributed by atoms with Gasteiger partial charge in [-0.05, 0) is 67.3 Å². The molecule has 0 saturated carbocycles. The van der Waals surface area contributed by atoms with Crippen LogP contribution >= 0.6 is 11.3 Å². The number of thiophene rings is 1. The van der Waals surface area contributed by atoms with Gasteiger partial charge < -0.3 is 4.90 Å². The zero-order valence-electron chi connectivity index (χ0n) is 20.2. The Labute approximate surface area is 207 Å². The molecule has 4 rings (SSSR count). The molecular weight excluding hydrogens is 464 g/mol. The summed E-state index contributed by atoms with van der Waals surface area (Å²) < 4.78 is 28.9. The molecule has 0 spiro atoms. The van der Waals surface area contributed by atoms with Crippen LogP contribution in [0.4, 0.5) is 0 Å². The van der Waals surface area contributed by atoms with E-state index in [1.54, 1.807) is 11.3 Å². The first kappa shape index (κ1) is 24.6. The summed E-state index contributed by atoms with van der Waals surface area (Å²) in [4.78, 5) is 17.2. The van der Waals surface area contributed by atoms with Crippen LogP contribution in [0.25, 0.3) is 0 Å². The van der Waals surface area contributed by atoms with Gasteiger partial charge in [-0.2, -0.15) is 4.31 Å². The summed E-state index contributed by atoms with van der Waals surface area (Å²) in [7, 11) is -3.82. The Morgan fingerprint density at radius 3 is 2.41 bits per heavy atom. The van der Waals surface area contributed by atoms with E-state index in [9.17, 15) is 13.2 Å². The lowest BCUT2D eigenvalue weighted by molar-refractivity contribution is -0.133. The predicted octanol–water partition coefficient (Wildman–Crippen LogP) is 5.25. The van der Waals surface area contributed by atoms with E-state index in [4.69, 9.17) is 0 Å². The first-order valence-corrected chi connectivity index (χ1v) is 14.0. The summed E-state index contributed by atoms with van der Waals surface area (Å²) in [6.45, 7) is 8.27. The van der Waals surface area contributed by atoms with Crippen molar-refractivity contribution in [2.45, 2.75) is 51.5 Å². The molecule has 34 heavy (non-hydrogen) atoms. The number of fused-ring (bicyclic) bond motifs is 1. The van der Waals surface area contributed by atoms with E-state index in [0.29, 0.717) is 35.5 Å². The second-order valence-corrected chi connectivity index (χ2v) is 11.9. The average molecular weight is 497 g/mol. The monoisotopic (exact) mass is 496 g/mol. The molecular formula is C27H32N2O3S2. The van der Waals surface area contributed by atoms with Crippen LogP contribution in [0.3, 0.4) is 0 Å². The van der Waals surface area contributed by atoms with Crippen LogP contribution in [0.5, 0.6) is 0 Å². The Morgan fingerprint density at radius 2 is 1.76 bits per heavy atom. The number of hydrogen-bond acceptors (Lipinski definition) is 4. The van der Waals surface area contributed by atoms with E-state index < -0.39 is 10.0 Å². The molecule has 7 heteroatoms. The second kappa shape index (κ2) is 10.0. The minimum atomic E-state index is -3.82. The molecule has 2 aromatic carbocycles. The molecule has 1 amide bonds. The van der Waals surface area contributed by atoms with Gasteiger partial charge in [-0.1, -0.05) is 55.0 Å². The number of rotatable bonds is 7. The third kappa shape index (κ3) is 4.69. The molecule has 0 aliphatic carbocycles. The maximum absolute atomic E-state index is 13.8.